The van der Waals surface area contributed by atoms with E-state index in [1.807, 2.05) is 24.3 Å². The molecule has 0 radical (unpaired) electrons. The van der Waals surface area contributed by atoms with E-state index in [2.05, 4.69) is 42.3 Å². The number of amides is 1. The second kappa shape index (κ2) is 12.6. The number of ether oxygens (including phenoxy) is 1. The molecule has 0 saturated carbocycles. The normalized spacial score (nSPS) is 18.3. The van der Waals surface area contributed by atoms with Gasteiger partial charge in [0.25, 0.3) is 0 Å². The third-order valence-electron chi connectivity index (χ3n) is 9.00. The van der Waals surface area contributed by atoms with Crippen molar-refractivity contribution in [2.24, 2.45) is 0 Å². The van der Waals surface area contributed by atoms with Gasteiger partial charge in [-0.3, -0.25) is 9.69 Å². The standard InChI is InChI=1S/C32H38F3N7O2/c1-40-14-16-42(17-15-40)22-10-12-41(13-11-22)23-7-9-28(29(18-23)44-2)39-31-36-20-25(32(33,34)35)27(38-31)8-6-21-4-3-5-26-24(21)19-30(43)37-26/h3-5,7,9,18,20,22H,6,8,10-17,19H2,1-2H3,(H,37,43)(H,36,38,39). The molecule has 12 heteroatoms. The van der Waals surface area contributed by atoms with Crippen LogP contribution in [0, 0.1) is 0 Å². The highest BCUT2D eigenvalue weighted by Crippen LogP contribution is 2.36. The van der Waals surface area contributed by atoms with Crippen molar-refractivity contribution >= 4 is 28.9 Å². The highest BCUT2D eigenvalue weighted by atomic mass is 19.4. The molecule has 0 spiro atoms. The van der Waals surface area contributed by atoms with Crippen LogP contribution in [0.4, 0.5) is 36.2 Å². The van der Waals surface area contributed by atoms with Gasteiger partial charge in [0.15, 0.2) is 0 Å². The van der Waals surface area contributed by atoms with Crippen LogP contribution in [0.1, 0.15) is 35.2 Å². The van der Waals surface area contributed by atoms with Crippen LogP contribution in [-0.4, -0.2) is 85.1 Å². The number of methoxy groups -OCH3 is 1. The number of halogens is 3. The predicted molar refractivity (Wildman–Crippen MR) is 164 cm³/mol. The molecule has 2 saturated heterocycles. The van der Waals surface area contributed by atoms with Gasteiger partial charge in [-0.2, -0.15) is 13.2 Å². The molecule has 3 aliphatic heterocycles. The summed E-state index contributed by atoms with van der Waals surface area (Å²) in [7, 11) is 3.74. The third kappa shape index (κ3) is 6.61. The summed E-state index contributed by atoms with van der Waals surface area (Å²) in [5.41, 5.74) is 3.00. The Bertz CT molecular complexity index is 1500. The summed E-state index contributed by atoms with van der Waals surface area (Å²) < 4.78 is 47.4. The number of nitrogens with zero attached hydrogens (tertiary/aromatic N) is 5. The number of hydrogen-bond donors (Lipinski definition) is 2. The van der Waals surface area contributed by atoms with E-state index in [9.17, 15) is 18.0 Å². The van der Waals surface area contributed by atoms with Crippen LogP contribution in [0.25, 0.3) is 0 Å². The lowest BCUT2D eigenvalue weighted by Crippen LogP contribution is -2.52. The number of hydrogen-bond acceptors (Lipinski definition) is 8. The number of likely N-dealkylation sites (N-methyl/N-ethyl adjacent to an activating group) is 1. The summed E-state index contributed by atoms with van der Waals surface area (Å²) in [5.74, 6) is 0.500. The molecule has 0 bridgehead atoms. The number of carbonyl (C=O) groups is 1. The van der Waals surface area contributed by atoms with Crippen LogP contribution in [0.3, 0.4) is 0 Å². The van der Waals surface area contributed by atoms with Crippen LogP contribution in [-0.2, 0) is 30.2 Å². The van der Waals surface area contributed by atoms with Crippen molar-refractivity contribution < 1.29 is 22.7 Å². The van der Waals surface area contributed by atoms with E-state index < -0.39 is 11.7 Å². The highest BCUT2D eigenvalue weighted by molar-refractivity contribution is 5.99. The number of piperazine rings is 1. The Morgan fingerprint density at radius 2 is 1.82 bits per heavy atom. The van der Waals surface area contributed by atoms with Gasteiger partial charge in [0, 0.05) is 68.9 Å². The fourth-order valence-corrected chi connectivity index (χ4v) is 6.48. The number of carbonyl (C=O) groups excluding carboxylic acids is 1. The lowest BCUT2D eigenvalue weighted by Gasteiger charge is -2.42. The van der Waals surface area contributed by atoms with Gasteiger partial charge in [-0.1, -0.05) is 12.1 Å². The number of nitrogens with one attached hydrogen (secondary N) is 2. The van der Waals surface area contributed by atoms with Crippen molar-refractivity contribution in [3.8, 4) is 5.75 Å². The minimum Gasteiger partial charge on any atom is -0.494 e. The number of piperidine rings is 1. The summed E-state index contributed by atoms with van der Waals surface area (Å²) in [6.07, 6.45) is -0.992. The van der Waals surface area contributed by atoms with Crippen molar-refractivity contribution in [1.82, 2.24) is 19.8 Å². The molecule has 2 aromatic carbocycles. The number of benzene rings is 2. The first-order chi connectivity index (χ1) is 21.2. The van der Waals surface area contributed by atoms with Gasteiger partial charge in [0.05, 0.1) is 30.5 Å². The van der Waals surface area contributed by atoms with Gasteiger partial charge in [-0.25, -0.2) is 9.97 Å². The molecule has 2 N–H and O–H groups in total. The largest absolute Gasteiger partial charge is 0.494 e. The second-order valence-corrected chi connectivity index (χ2v) is 11.8. The van der Waals surface area contributed by atoms with Gasteiger partial charge in [-0.15, -0.1) is 0 Å². The van der Waals surface area contributed by atoms with Crippen molar-refractivity contribution in [3.05, 3.63) is 65.0 Å². The molecule has 1 amide bonds. The zero-order chi connectivity index (χ0) is 30.8. The molecular formula is C32H38F3N7O2. The van der Waals surface area contributed by atoms with E-state index in [0.29, 0.717) is 29.6 Å². The minimum atomic E-state index is -4.60. The second-order valence-electron chi connectivity index (χ2n) is 11.8. The summed E-state index contributed by atoms with van der Waals surface area (Å²) in [4.78, 5) is 27.5. The lowest BCUT2D eigenvalue weighted by atomic mass is 9.98. The van der Waals surface area contributed by atoms with Crippen LogP contribution in [0.2, 0.25) is 0 Å². The first-order valence-corrected chi connectivity index (χ1v) is 15.1. The van der Waals surface area contributed by atoms with E-state index >= 15 is 0 Å². The fourth-order valence-electron chi connectivity index (χ4n) is 6.48. The molecule has 6 rings (SSSR count). The average molecular weight is 610 g/mol. The number of fused-ring (bicyclic) bond motifs is 1. The van der Waals surface area contributed by atoms with E-state index in [4.69, 9.17) is 4.74 Å². The molecule has 9 nitrogen and oxygen atoms in total. The van der Waals surface area contributed by atoms with E-state index in [1.165, 1.54) is 0 Å². The maximum absolute atomic E-state index is 13.9. The SMILES string of the molecule is COc1cc(N2CCC(N3CCN(C)CC3)CC2)ccc1Nc1ncc(C(F)(F)F)c(CCc2cccc3c2CC(=O)N3)n1. The number of aryl methyl sites for hydroxylation is 2. The Kier molecular flexibility index (Phi) is 8.64. The van der Waals surface area contributed by atoms with E-state index in [0.717, 1.165) is 75.1 Å². The molecule has 0 unspecified atom stereocenters. The third-order valence-corrected chi connectivity index (χ3v) is 9.00. The average Bonchev–Trinajstić information content (AvgIpc) is 3.41. The summed E-state index contributed by atoms with van der Waals surface area (Å²) in [6, 6.07) is 11.9. The van der Waals surface area contributed by atoms with E-state index in [-0.39, 0.29) is 30.4 Å². The zero-order valence-corrected chi connectivity index (χ0v) is 25.1. The highest BCUT2D eigenvalue weighted by Gasteiger charge is 2.35. The molecule has 3 aromatic rings. The quantitative estimate of drug-likeness (QED) is 0.379. The molecule has 2 fully saturated rings. The fraction of sp³-hybridized carbons (Fsp3) is 0.469. The van der Waals surface area contributed by atoms with Crippen LogP contribution in [0.15, 0.2) is 42.6 Å². The maximum atomic E-state index is 13.9. The smallest absolute Gasteiger partial charge is 0.419 e. The van der Waals surface area contributed by atoms with Gasteiger partial charge in [-0.05, 0) is 62.1 Å². The van der Waals surface area contributed by atoms with Gasteiger partial charge >= 0.3 is 6.18 Å². The van der Waals surface area contributed by atoms with E-state index in [1.54, 1.807) is 19.2 Å². The van der Waals surface area contributed by atoms with Crippen LogP contribution < -0.4 is 20.3 Å². The summed E-state index contributed by atoms with van der Waals surface area (Å²) in [5, 5.41) is 5.86. The number of anilines is 4. The number of aromatic nitrogens is 2. The Morgan fingerprint density at radius 1 is 1.05 bits per heavy atom. The molecule has 0 aliphatic carbocycles. The summed E-state index contributed by atoms with van der Waals surface area (Å²) >= 11 is 0. The van der Waals surface area contributed by atoms with Crippen LogP contribution in [0.5, 0.6) is 5.75 Å². The summed E-state index contributed by atoms with van der Waals surface area (Å²) in [6.45, 7) is 6.38. The van der Waals surface area contributed by atoms with Gasteiger partial charge in [0.1, 0.15) is 5.75 Å². The first kappa shape index (κ1) is 30.1. The number of rotatable bonds is 8. The first-order valence-electron chi connectivity index (χ1n) is 15.1. The zero-order valence-electron chi connectivity index (χ0n) is 25.1. The molecule has 4 heterocycles. The topological polar surface area (TPSA) is 85.9 Å². The monoisotopic (exact) mass is 609 g/mol. The predicted octanol–water partition coefficient (Wildman–Crippen LogP) is 4.74. The molecule has 234 valence electrons. The molecule has 3 aliphatic rings. The van der Waals surface area contributed by atoms with Crippen LogP contribution >= 0.6 is 0 Å². The Labute approximate surface area is 255 Å². The molecule has 44 heavy (non-hydrogen) atoms. The molecular weight excluding hydrogens is 571 g/mol. The maximum Gasteiger partial charge on any atom is 0.419 e. The molecule has 1 aromatic heterocycles. The van der Waals surface area contributed by atoms with Crippen molar-refractivity contribution in [2.45, 2.75) is 44.3 Å². The van der Waals surface area contributed by atoms with Crippen molar-refractivity contribution in [1.29, 1.82) is 0 Å². The Balaban J connectivity index is 1.15. The molecule has 0 atom stereocenters. The van der Waals surface area contributed by atoms with Gasteiger partial charge in [0.2, 0.25) is 11.9 Å². The Morgan fingerprint density at radius 3 is 2.55 bits per heavy atom. The van der Waals surface area contributed by atoms with Crippen molar-refractivity contribution in [2.75, 3.05) is 69.0 Å². The minimum absolute atomic E-state index is 0.0385. The lowest BCUT2D eigenvalue weighted by molar-refractivity contribution is -0.138. The number of alkyl halides is 3. The van der Waals surface area contributed by atoms with Crippen molar-refractivity contribution in [3.63, 3.8) is 0 Å². The van der Waals surface area contributed by atoms with Gasteiger partial charge < -0.3 is 25.2 Å². The Hall–Kier alpha value is -3.90.